The zero-order valence-electron chi connectivity index (χ0n) is 10.4. The van der Waals surface area contributed by atoms with Gasteiger partial charge in [0, 0.05) is 5.92 Å². The number of thioether (sulfide) groups is 1. The van der Waals surface area contributed by atoms with E-state index in [0.29, 0.717) is 23.3 Å². The van der Waals surface area contributed by atoms with Crippen molar-refractivity contribution in [2.45, 2.75) is 24.5 Å². The topological polar surface area (TPSA) is 62.7 Å². The van der Waals surface area contributed by atoms with Crippen molar-refractivity contribution in [1.29, 1.82) is 5.26 Å². The molecule has 5 heteroatoms. The molecule has 0 fully saturated rings. The number of aromatic nitrogens is 2. The minimum Gasteiger partial charge on any atom is -0.338 e. The fraction of sp³-hybridized carbons (Fsp3) is 0.357. The van der Waals surface area contributed by atoms with Gasteiger partial charge in [0.15, 0.2) is 5.82 Å². The summed E-state index contributed by atoms with van der Waals surface area (Å²) in [5.74, 6) is 2.80. The van der Waals surface area contributed by atoms with E-state index in [1.165, 1.54) is 22.9 Å². The second kappa shape index (κ2) is 5.45. The number of fused-ring (bicyclic) bond motifs is 1. The molecule has 0 N–H and O–H groups in total. The predicted molar refractivity (Wildman–Crippen MR) is 72.7 cm³/mol. The van der Waals surface area contributed by atoms with Gasteiger partial charge in [-0.1, -0.05) is 29.4 Å². The van der Waals surface area contributed by atoms with E-state index >= 15 is 0 Å². The lowest BCUT2D eigenvalue weighted by Crippen LogP contribution is -2.00. The highest BCUT2D eigenvalue weighted by Crippen LogP contribution is 2.32. The summed E-state index contributed by atoms with van der Waals surface area (Å²) < 4.78 is 5.23. The molecule has 0 spiro atoms. The van der Waals surface area contributed by atoms with Crippen LogP contribution in [-0.4, -0.2) is 15.9 Å². The lowest BCUT2D eigenvalue weighted by atomic mass is 10.1. The smallest absolute Gasteiger partial charge is 0.236 e. The van der Waals surface area contributed by atoms with Gasteiger partial charge in [-0.2, -0.15) is 10.2 Å². The number of benzene rings is 1. The van der Waals surface area contributed by atoms with Crippen molar-refractivity contribution in [2.24, 2.45) is 0 Å². The summed E-state index contributed by atoms with van der Waals surface area (Å²) in [5.41, 5.74) is 2.77. The number of nitrogens with zero attached hydrogens (tertiary/aromatic N) is 3. The van der Waals surface area contributed by atoms with Crippen LogP contribution in [0.2, 0.25) is 0 Å². The first-order valence-electron chi connectivity index (χ1n) is 6.21. The molecule has 0 saturated heterocycles. The molecule has 0 saturated carbocycles. The van der Waals surface area contributed by atoms with Crippen LogP contribution in [-0.2, 0) is 18.6 Å². The maximum absolute atomic E-state index is 8.48. The van der Waals surface area contributed by atoms with Gasteiger partial charge in [-0.05, 0) is 24.0 Å². The lowest BCUT2D eigenvalue weighted by molar-refractivity contribution is 0.381. The summed E-state index contributed by atoms with van der Waals surface area (Å²) in [6, 6.07) is 10.6. The van der Waals surface area contributed by atoms with E-state index in [0.717, 1.165) is 18.7 Å². The average molecular weight is 271 g/mol. The van der Waals surface area contributed by atoms with Gasteiger partial charge in [-0.25, -0.2) is 0 Å². The van der Waals surface area contributed by atoms with Crippen LogP contribution in [0.4, 0.5) is 0 Å². The van der Waals surface area contributed by atoms with Crippen LogP contribution in [0.3, 0.4) is 0 Å². The number of hydrogen-bond acceptors (Lipinski definition) is 5. The maximum Gasteiger partial charge on any atom is 0.236 e. The fourth-order valence-corrected chi connectivity index (χ4v) is 2.90. The molecule has 0 radical (unpaired) electrons. The third-order valence-electron chi connectivity index (χ3n) is 3.29. The Morgan fingerprint density at radius 2 is 2.05 bits per heavy atom. The van der Waals surface area contributed by atoms with E-state index in [-0.39, 0.29) is 0 Å². The van der Waals surface area contributed by atoms with Crippen molar-refractivity contribution in [1.82, 2.24) is 10.1 Å². The zero-order valence-corrected chi connectivity index (χ0v) is 11.2. The van der Waals surface area contributed by atoms with Crippen LogP contribution in [0.15, 0.2) is 28.8 Å². The van der Waals surface area contributed by atoms with Gasteiger partial charge in [-0.15, -0.1) is 11.8 Å². The molecule has 4 nitrogen and oxygen atoms in total. The monoisotopic (exact) mass is 271 g/mol. The molecule has 0 amide bonds. The maximum atomic E-state index is 8.48. The second-order valence-electron chi connectivity index (χ2n) is 4.57. The van der Waals surface area contributed by atoms with Gasteiger partial charge in [-0.3, -0.25) is 0 Å². The highest BCUT2D eigenvalue weighted by Gasteiger charge is 2.26. The molecule has 1 aromatic carbocycles. The molecule has 0 atom stereocenters. The van der Waals surface area contributed by atoms with Crippen molar-refractivity contribution < 1.29 is 4.52 Å². The second-order valence-corrected chi connectivity index (χ2v) is 5.56. The molecule has 0 unspecified atom stereocenters. The predicted octanol–water partition coefficient (Wildman–Crippen LogP) is 2.71. The largest absolute Gasteiger partial charge is 0.338 e. The van der Waals surface area contributed by atoms with Crippen molar-refractivity contribution in [3.63, 3.8) is 0 Å². The molecule has 1 aliphatic carbocycles. The van der Waals surface area contributed by atoms with E-state index in [1.54, 1.807) is 0 Å². The average Bonchev–Trinajstić information content (AvgIpc) is 3.04. The van der Waals surface area contributed by atoms with E-state index in [2.05, 4.69) is 40.5 Å². The number of nitriles is 1. The Kier molecular flexibility index (Phi) is 3.51. The van der Waals surface area contributed by atoms with Gasteiger partial charge < -0.3 is 4.52 Å². The fourth-order valence-electron chi connectivity index (χ4n) is 2.42. The third-order valence-corrected chi connectivity index (χ3v) is 4.08. The Labute approximate surface area is 115 Å². The van der Waals surface area contributed by atoms with Crippen LogP contribution in [0, 0.1) is 11.3 Å². The summed E-state index contributed by atoms with van der Waals surface area (Å²) >= 11 is 1.49. The Balaban J connectivity index is 1.67. The number of rotatable bonds is 4. The molecule has 96 valence electrons. The SMILES string of the molecule is N#CCSCc1nc(C2Cc3ccccc3C2)no1. The van der Waals surface area contributed by atoms with E-state index in [4.69, 9.17) is 9.78 Å². The molecule has 0 bridgehead atoms. The molecule has 2 aromatic rings. The molecular weight excluding hydrogens is 258 g/mol. The van der Waals surface area contributed by atoms with Crippen LogP contribution in [0.1, 0.15) is 28.8 Å². The van der Waals surface area contributed by atoms with Gasteiger partial charge in [0.25, 0.3) is 0 Å². The third kappa shape index (κ3) is 2.64. The first kappa shape index (κ1) is 12.2. The Hall–Kier alpha value is -1.80. The minimum atomic E-state index is 0.330. The van der Waals surface area contributed by atoms with E-state index < -0.39 is 0 Å². The van der Waals surface area contributed by atoms with Crippen molar-refractivity contribution in [3.05, 3.63) is 47.1 Å². The van der Waals surface area contributed by atoms with Gasteiger partial charge in [0.1, 0.15) is 0 Å². The van der Waals surface area contributed by atoms with Gasteiger partial charge in [0.2, 0.25) is 5.89 Å². The lowest BCUT2D eigenvalue weighted by Gasteiger charge is -2.00. The van der Waals surface area contributed by atoms with Crippen LogP contribution in [0.25, 0.3) is 0 Å². The summed E-state index contributed by atoms with van der Waals surface area (Å²) in [6.07, 6.45) is 1.97. The molecule has 1 heterocycles. The summed E-state index contributed by atoms with van der Waals surface area (Å²) in [5, 5.41) is 12.6. The van der Waals surface area contributed by atoms with Crippen molar-refractivity contribution in [2.75, 3.05) is 5.75 Å². The van der Waals surface area contributed by atoms with Crippen LogP contribution < -0.4 is 0 Å². The van der Waals surface area contributed by atoms with Crippen LogP contribution >= 0.6 is 11.8 Å². The first-order valence-corrected chi connectivity index (χ1v) is 7.36. The standard InChI is InChI=1S/C14H13N3OS/c15-5-6-19-9-13-16-14(17-18-13)12-7-10-3-1-2-4-11(10)8-12/h1-4,12H,6-9H2. The number of hydrogen-bond donors (Lipinski definition) is 0. The van der Waals surface area contributed by atoms with Crippen LogP contribution in [0.5, 0.6) is 0 Å². The molecule has 0 aliphatic heterocycles. The van der Waals surface area contributed by atoms with Crippen molar-refractivity contribution in [3.8, 4) is 6.07 Å². The molecular formula is C14H13N3OS. The summed E-state index contributed by atoms with van der Waals surface area (Å²) in [4.78, 5) is 4.44. The Morgan fingerprint density at radius 1 is 1.32 bits per heavy atom. The highest BCUT2D eigenvalue weighted by atomic mass is 32.2. The molecule has 1 aromatic heterocycles. The Bertz CT molecular complexity index is 592. The summed E-state index contributed by atoms with van der Waals surface area (Å²) in [6.45, 7) is 0. The van der Waals surface area contributed by atoms with Gasteiger partial charge >= 0.3 is 0 Å². The first-order chi connectivity index (χ1) is 9.36. The Morgan fingerprint density at radius 3 is 2.74 bits per heavy atom. The molecule has 1 aliphatic rings. The molecule has 3 rings (SSSR count). The van der Waals surface area contributed by atoms with Gasteiger partial charge in [0.05, 0.1) is 17.6 Å². The summed E-state index contributed by atoms with van der Waals surface area (Å²) in [7, 11) is 0. The van der Waals surface area contributed by atoms with Crippen molar-refractivity contribution >= 4 is 11.8 Å². The van der Waals surface area contributed by atoms with E-state index in [9.17, 15) is 0 Å². The minimum absolute atomic E-state index is 0.330. The quantitative estimate of drug-likeness (QED) is 0.800. The normalized spacial score (nSPS) is 14.3. The zero-order chi connectivity index (χ0) is 13.1. The van der Waals surface area contributed by atoms with E-state index in [1.807, 2.05) is 0 Å². The highest BCUT2D eigenvalue weighted by molar-refractivity contribution is 7.98. The molecule has 19 heavy (non-hydrogen) atoms.